The molecule has 0 bridgehead atoms. The predicted octanol–water partition coefficient (Wildman–Crippen LogP) is 2.83. The molecule has 0 unspecified atom stereocenters. The van der Waals surface area contributed by atoms with Crippen molar-refractivity contribution in [3.05, 3.63) is 65.2 Å². The van der Waals surface area contributed by atoms with E-state index in [2.05, 4.69) is 0 Å². The number of ketones is 1. The summed E-state index contributed by atoms with van der Waals surface area (Å²) >= 11 is 0. The largest absolute Gasteiger partial charge is 0.451 e. The minimum absolute atomic E-state index is 0.0227. The van der Waals surface area contributed by atoms with Gasteiger partial charge in [0.15, 0.2) is 15.9 Å². The molecule has 0 aliphatic rings. The van der Waals surface area contributed by atoms with Crippen molar-refractivity contribution in [1.82, 2.24) is 0 Å². The van der Waals surface area contributed by atoms with Gasteiger partial charge in [-0.1, -0.05) is 35.9 Å². The first-order valence-corrected chi connectivity index (χ1v) is 9.19. The van der Waals surface area contributed by atoms with Gasteiger partial charge >= 0.3 is 5.97 Å². The van der Waals surface area contributed by atoms with Crippen molar-refractivity contribution in [3.63, 3.8) is 0 Å². The lowest BCUT2D eigenvalue weighted by Crippen LogP contribution is -2.24. The van der Waals surface area contributed by atoms with E-state index in [1.54, 1.807) is 24.3 Å². The summed E-state index contributed by atoms with van der Waals surface area (Å²) in [6.45, 7) is 3.40. The number of Topliss-reactive ketones (excluding diaryl/α,β-unsaturated/α-hetero) is 1. The second-order valence-corrected chi connectivity index (χ2v) is 7.59. The number of benzene rings is 2. The maximum Gasteiger partial charge on any atom is 0.338 e. The second kappa shape index (κ2) is 6.97. The molecule has 0 N–H and O–H groups in total. The van der Waals surface area contributed by atoms with Crippen LogP contribution in [-0.2, 0) is 14.6 Å². The molecular formula is C18H18O5S. The molecule has 0 aromatic heterocycles. The molecule has 2 aromatic rings. The quantitative estimate of drug-likeness (QED) is 0.614. The van der Waals surface area contributed by atoms with Crippen molar-refractivity contribution in [1.29, 1.82) is 0 Å². The molecule has 5 nitrogen and oxygen atoms in total. The van der Waals surface area contributed by atoms with Crippen LogP contribution in [-0.4, -0.2) is 32.5 Å². The number of carbonyl (C=O) groups excluding carboxylic acids is 2. The molecule has 0 amide bonds. The number of hydrogen-bond donors (Lipinski definition) is 0. The monoisotopic (exact) mass is 346 g/mol. The van der Waals surface area contributed by atoms with E-state index in [4.69, 9.17) is 4.74 Å². The van der Waals surface area contributed by atoms with Gasteiger partial charge in [0.25, 0.3) is 0 Å². The Labute approximate surface area is 141 Å². The molecule has 0 spiro atoms. The van der Waals surface area contributed by atoms with Crippen molar-refractivity contribution in [2.45, 2.75) is 24.8 Å². The van der Waals surface area contributed by atoms with Crippen LogP contribution in [0, 0.1) is 6.92 Å². The number of ether oxygens (including phenoxy) is 1. The zero-order chi connectivity index (χ0) is 17.9. The Balaban J connectivity index is 2.14. The molecule has 0 radical (unpaired) electrons. The van der Waals surface area contributed by atoms with Crippen molar-refractivity contribution in [2.24, 2.45) is 0 Å². The van der Waals surface area contributed by atoms with Crippen molar-refractivity contribution in [3.8, 4) is 0 Å². The molecule has 126 valence electrons. The third-order valence-corrected chi connectivity index (χ3v) is 4.60. The number of carbonyl (C=O) groups is 2. The summed E-state index contributed by atoms with van der Waals surface area (Å²) in [7, 11) is -3.43. The summed E-state index contributed by atoms with van der Waals surface area (Å²) in [6.07, 6.45) is 0.0863. The molecule has 0 saturated heterocycles. The Morgan fingerprint density at radius 3 is 2.21 bits per heavy atom. The molecule has 24 heavy (non-hydrogen) atoms. The average molecular weight is 346 g/mol. The molecule has 2 aromatic carbocycles. The summed E-state index contributed by atoms with van der Waals surface area (Å²) in [5.41, 5.74) is 1.56. The average Bonchev–Trinajstić information content (AvgIpc) is 2.54. The van der Waals surface area contributed by atoms with Crippen LogP contribution in [0.25, 0.3) is 0 Å². The Bertz CT molecular complexity index is 867. The maximum atomic E-state index is 12.3. The van der Waals surface area contributed by atoms with E-state index >= 15 is 0 Å². The van der Waals surface area contributed by atoms with E-state index in [9.17, 15) is 18.0 Å². The van der Waals surface area contributed by atoms with Crippen LogP contribution in [0.3, 0.4) is 0 Å². The lowest BCUT2D eigenvalue weighted by molar-refractivity contribution is 0.0318. The zero-order valence-corrected chi connectivity index (χ0v) is 14.5. The summed E-state index contributed by atoms with van der Waals surface area (Å²) in [5.74, 6) is -1.06. The maximum absolute atomic E-state index is 12.3. The zero-order valence-electron chi connectivity index (χ0n) is 13.6. The summed E-state index contributed by atoms with van der Waals surface area (Å²) < 4.78 is 28.3. The molecule has 0 aliphatic carbocycles. The third-order valence-electron chi connectivity index (χ3n) is 3.49. The minimum Gasteiger partial charge on any atom is -0.451 e. The van der Waals surface area contributed by atoms with Gasteiger partial charge in [0.2, 0.25) is 5.78 Å². The van der Waals surface area contributed by atoms with Gasteiger partial charge in [-0.25, -0.2) is 13.2 Å². The van der Waals surface area contributed by atoms with Gasteiger partial charge in [-0.15, -0.1) is 0 Å². The van der Waals surface area contributed by atoms with Crippen LogP contribution in [0.15, 0.2) is 53.4 Å². The van der Waals surface area contributed by atoms with Crippen LogP contribution in [0.2, 0.25) is 0 Å². The fourth-order valence-corrected chi connectivity index (χ4v) is 2.76. The minimum atomic E-state index is -3.43. The van der Waals surface area contributed by atoms with E-state index in [1.165, 1.54) is 31.2 Å². The van der Waals surface area contributed by atoms with Crippen LogP contribution in [0.5, 0.6) is 0 Å². The molecule has 0 fully saturated rings. The highest BCUT2D eigenvalue weighted by atomic mass is 32.2. The Hall–Kier alpha value is -2.47. The fourth-order valence-electron chi connectivity index (χ4n) is 2.09. The number of sulfone groups is 1. The van der Waals surface area contributed by atoms with E-state index in [0.717, 1.165) is 11.8 Å². The lowest BCUT2D eigenvalue weighted by Gasteiger charge is -2.13. The summed E-state index contributed by atoms with van der Waals surface area (Å²) in [5, 5.41) is 0. The number of aryl methyl sites for hydroxylation is 1. The SMILES string of the molecule is Cc1ccc(C(=O)[C@@H](C)OC(=O)c2cccc(S(C)(=O)=O)c2)cc1. The first kappa shape index (κ1) is 17.9. The van der Waals surface area contributed by atoms with Crippen molar-refractivity contribution >= 4 is 21.6 Å². The standard InChI is InChI=1S/C18H18O5S/c1-12-7-9-14(10-8-12)17(19)13(2)23-18(20)15-5-4-6-16(11-15)24(3,21)22/h4-11,13H,1-3H3/t13-/m1/s1. The smallest absolute Gasteiger partial charge is 0.338 e. The summed E-state index contributed by atoms with van der Waals surface area (Å²) in [6, 6.07) is 12.5. The van der Waals surface area contributed by atoms with Crippen LogP contribution in [0.1, 0.15) is 33.2 Å². The normalized spacial score (nSPS) is 12.5. The van der Waals surface area contributed by atoms with Crippen LogP contribution < -0.4 is 0 Å². The first-order valence-electron chi connectivity index (χ1n) is 7.30. The molecule has 6 heteroatoms. The topological polar surface area (TPSA) is 77.5 Å². The Morgan fingerprint density at radius 2 is 1.62 bits per heavy atom. The van der Waals surface area contributed by atoms with E-state index in [1.807, 2.05) is 6.92 Å². The highest BCUT2D eigenvalue weighted by Crippen LogP contribution is 2.14. The van der Waals surface area contributed by atoms with Gasteiger partial charge in [0.1, 0.15) is 0 Å². The van der Waals surface area contributed by atoms with E-state index < -0.39 is 21.9 Å². The van der Waals surface area contributed by atoms with E-state index in [0.29, 0.717) is 5.56 Å². The molecule has 0 saturated carbocycles. The third kappa shape index (κ3) is 4.29. The first-order chi connectivity index (χ1) is 11.2. The lowest BCUT2D eigenvalue weighted by atomic mass is 10.1. The second-order valence-electron chi connectivity index (χ2n) is 5.58. The molecule has 1 atom stereocenters. The van der Waals surface area contributed by atoms with Gasteiger partial charge in [-0.3, -0.25) is 4.79 Å². The molecule has 0 heterocycles. The molecular weight excluding hydrogens is 328 g/mol. The number of rotatable bonds is 5. The van der Waals surface area contributed by atoms with Crippen molar-refractivity contribution in [2.75, 3.05) is 6.26 Å². The van der Waals surface area contributed by atoms with Gasteiger partial charge in [0.05, 0.1) is 10.5 Å². The molecule has 2 rings (SSSR count). The van der Waals surface area contributed by atoms with Crippen LogP contribution in [0.4, 0.5) is 0 Å². The van der Waals surface area contributed by atoms with Gasteiger partial charge in [-0.05, 0) is 32.0 Å². The highest BCUT2D eigenvalue weighted by molar-refractivity contribution is 7.90. The van der Waals surface area contributed by atoms with Crippen LogP contribution >= 0.6 is 0 Å². The Morgan fingerprint density at radius 1 is 1.00 bits per heavy atom. The number of hydrogen-bond acceptors (Lipinski definition) is 5. The van der Waals surface area contributed by atoms with Gasteiger partial charge in [0, 0.05) is 11.8 Å². The molecule has 0 aliphatic heterocycles. The summed E-state index contributed by atoms with van der Waals surface area (Å²) in [4.78, 5) is 24.5. The van der Waals surface area contributed by atoms with E-state index in [-0.39, 0.29) is 16.2 Å². The predicted molar refractivity (Wildman–Crippen MR) is 89.9 cm³/mol. The highest BCUT2D eigenvalue weighted by Gasteiger charge is 2.21. The number of esters is 1. The van der Waals surface area contributed by atoms with Gasteiger partial charge in [-0.2, -0.15) is 0 Å². The van der Waals surface area contributed by atoms with Crippen molar-refractivity contribution < 1.29 is 22.7 Å². The fraction of sp³-hybridized carbons (Fsp3) is 0.222. The van der Waals surface area contributed by atoms with Gasteiger partial charge < -0.3 is 4.74 Å². The Kier molecular flexibility index (Phi) is 5.19.